The van der Waals surface area contributed by atoms with Crippen LogP contribution >= 0.6 is 0 Å². The molecular formula is C8H14N3+. The lowest BCUT2D eigenvalue weighted by molar-refractivity contribution is -0.746. The molecule has 1 aromatic rings. The normalized spacial score (nSPS) is 15.9. The molecule has 0 fully saturated rings. The highest BCUT2D eigenvalue weighted by Gasteiger charge is 2.25. The van der Waals surface area contributed by atoms with Crippen LogP contribution in [0.1, 0.15) is 37.8 Å². The number of rotatable bonds is 1. The Kier molecular flexibility index (Phi) is 1.44. The van der Waals surface area contributed by atoms with Gasteiger partial charge >= 0.3 is 5.82 Å². The van der Waals surface area contributed by atoms with Gasteiger partial charge in [-0.15, -0.1) is 0 Å². The second-order valence-electron chi connectivity index (χ2n) is 3.43. The van der Waals surface area contributed by atoms with Crippen LogP contribution in [0, 0.1) is 0 Å². The van der Waals surface area contributed by atoms with E-state index in [0.717, 1.165) is 18.8 Å². The van der Waals surface area contributed by atoms with Crippen LogP contribution in [0.15, 0.2) is 0 Å². The summed E-state index contributed by atoms with van der Waals surface area (Å²) in [5, 5.41) is 3.30. The molecule has 11 heavy (non-hydrogen) atoms. The average molecular weight is 152 g/mol. The van der Waals surface area contributed by atoms with Crippen molar-refractivity contribution in [2.75, 3.05) is 0 Å². The van der Waals surface area contributed by atoms with Gasteiger partial charge in [-0.2, -0.15) is 9.78 Å². The SMILES string of the molecule is CC(C)c1nc2[n+]([nH]1)CCC2. The Hall–Kier alpha value is -0.860. The van der Waals surface area contributed by atoms with E-state index < -0.39 is 0 Å². The largest absolute Gasteiger partial charge is 0.319 e. The summed E-state index contributed by atoms with van der Waals surface area (Å²) in [6, 6.07) is 0. The minimum atomic E-state index is 0.521. The standard InChI is InChI=1S/C8H13N3/c1-6(2)8-9-7-4-3-5-11(7)10-8/h6H,3-5H2,1-2H3/p+1. The molecule has 0 aromatic carbocycles. The third-order valence-electron chi connectivity index (χ3n) is 2.14. The summed E-state index contributed by atoms with van der Waals surface area (Å²) < 4.78 is 2.16. The third-order valence-corrected chi connectivity index (χ3v) is 2.14. The van der Waals surface area contributed by atoms with Crippen molar-refractivity contribution in [1.82, 2.24) is 10.1 Å². The molecule has 60 valence electrons. The van der Waals surface area contributed by atoms with Gasteiger partial charge in [-0.25, -0.2) is 0 Å². The monoisotopic (exact) mass is 152 g/mol. The number of aromatic amines is 1. The van der Waals surface area contributed by atoms with Crippen LogP contribution in [0.25, 0.3) is 0 Å². The quantitative estimate of drug-likeness (QED) is 0.592. The first-order valence-corrected chi connectivity index (χ1v) is 4.26. The first-order chi connectivity index (χ1) is 5.27. The molecule has 1 aliphatic rings. The highest BCUT2D eigenvalue weighted by molar-refractivity contribution is 4.91. The van der Waals surface area contributed by atoms with E-state index in [2.05, 4.69) is 28.6 Å². The third kappa shape index (κ3) is 1.04. The van der Waals surface area contributed by atoms with Crippen LogP contribution in [-0.2, 0) is 13.0 Å². The van der Waals surface area contributed by atoms with Gasteiger partial charge in [0.2, 0.25) is 0 Å². The number of fused-ring (bicyclic) bond motifs is 1. The van der Waals surface area contributed by atoms with Gasteiger partial charge in [-0.3, -0.25) is 0 Å². The Balaban J connectivity index is 2.34. The number of hydrogen-bond acceptors (Lipinski definition) is 1. The Labute approximate surface area is 66.4 Å². The minimum absolute atomic E-state index is 0.521. The predicted octanol–water partition coefficient (Wildman–Crippen LogP) is 0.767. The lowest BCUT2D eigenvalue weighted by Crippen LogP contribution is -2.34. The molecule has 0 aliphatic carbocycles. The van der Waals surface area contributed by atoms with E-state index in [1.54, 1.807) is 0 Å². The van der Waals surface area contributed by atoms with E-state index in [-0.39, 0.29) is 0 Å². The van der Waals surface area contributed by atoms with E-state index >= 15 is 0 Å². The Bertz CT molecular complexity index is 241. The van der Waals surface area contributed by atoms with E-state index in [1.165, 1.54) is 12.2 Å². The van der Waals surface area contributed by atoms with Gasteiger partial charge in [0.15, 0.2) is 0 Å². The molecule has 1 aromatic heterocycles. The van der Waals surface area contributed by atoms with Gasteiger partial charge in [-0.05, 0) is 11.4 Å². The van der Waals surface area contributed by atoms with Crippen LogP contribution in [0.3, 0.4) is 0 Å². The molecule has 0 radical (unpaired) electrons. The zero-order chi connectivity index (χ0) is 7.84. The Morgan fingerprint density at radius 2 is 2.36 bits per heavy atom. The van der Waals surface area contributed by atoms with Crippen molar-refractivity contribution >= 4 is 0 Å². The van der Waals surface area contributed by atoms with Crippen molar-refractivity contribution in [3.05, 3.63) is 11.6 Å². The van der Waals surface area contributed by atoms with Crippen LogP contribution < -0.4 is 4.68 Å². The van der Waals surface area contributed by atoms with E-state index in [9.17, 15) is 0 Å². The zero-order valence-electron chi connectivity index (χ0n) is 7.09. The predicted molar refractivity (Wildman–Crippen MR) is 41.2 cm³/mol. The molecule has 0 saturated carbocycles. The zero-order valence-corrected chi connectivity index (χ0v) is 7.09. The molecule has 0 unspecified atom stereocenters. The van der Waals surface area contributed by atoms with Gasteiger partial charge in [0, 0.05) is 5.92 Å². The molecule has 1 aliphatic heterocycles. The maximum absolute atomic E-state index is 4.50. The summed E-state index contributed by atoms with van der Waals surface area (Å²) in [6.07, 6.45) is 2.39. The molecule has 2 heterocycles. The summed E-state index contributed by atoms with van der Waals surface area (Å²) in [5.74, 6) is 2.88. The number of nitrogens with one attached hydrogen (secondary N) is 1. The van der Waals surface area contributed by atoms with Gasteiger partial charge in [0.25, 0.3) is 5.82 Å². The van der Waals surface area contributed by atoms with Crippen LogP contribution in [0.4, 0.5) is 0 Å². The van der Waals surface area contributed by atoms with E-state index in [1.807, 2.05) is 0 Å². The van der Waals surface area contributed by atoms with Crippen LogP contribution in [-0.4, -0.2) is 10.1 Å². The molecule has 0 bridgehead atoms. The van der Waals surface area contributed by atoms with Crippen molar-refractivity contribution < 1.29 is 4.68 Å². The molecule has 1 N–H and O–H groups in total. The molecule has 2 rings (SSSR count). The van der Waals surface area contributed by atoms with Gasteiger partial charge in [0.1, 0.15) is 6.54 Å². The van der Waals surface area contributed by atoms with Crippen molar-refractivity contribution in [1.29, 1.82) is 0 Å². The first-order valence-electron chi connectivity index (χ1n) is 4.26. The second kappa shape index (κ2) is 2.32. The smallest absolute Gasteiger partial charge is 0.191 e. The second-order valence-corrected chi connectivity index (χ2v) is 3.43. The van der Waals surface area contributed by atoms with Gasteiger partial charge in [0.05, 0.1) is 6.42 Å². The lowest BCUT2D eigenvalue weighted by Gasteiger charge is -1.90. The van der Waals surface area contributed by atoms with Crippen molar-refractivity contribution in [3.8, 4) is 0 Å². The number of H-pyrrole nitrogens is 1. The maximum Gasteiger partial charge on any atom is 0.319 e. The number of aromatic nitrogens is 3. The highest BCUT2D eigenvalue weighted by Crippen LogP contribution is 2.10. The molecule has 0 atom stereocenters. The molecule has 3 heteroatoms. The highest BCUT2D eigenvalue weighted by atomic mass is 15.4. The average Bonchev–Trinajstić information content (AvgIpc) is 2.40. The Morgan fingerprint density at radius 1 is 1.55 bits per heavy atom. The van der Waals surface area contributed by atoms with Crippen LogP contribution in [0.2, 0.25) is 0 Å². The molecule has 3 nitrogen and oxygen atoms in total. The molecular weight excluding hydrogens is 138 g/mol. The fourth-order valence-corrected chi connectivity index (χ4v) is 1.46. The summed E-state index contributed by atoms with van der Waals surface area (Å²) in [7, 11) is 0. The maximum atomic E-state index is 4.50. The van der Waals surface area contributed by atoms with E-state index in [4.69, 9.17) is 0 Å². The minimum Gasteiger partial charge on any atom is -0.191 e. The number of aryl methyl sites for hydroxylation is 2. The summed E-state index contributed by atoms with van der Waals surface area (Å²) in [6.45, 7) is 5.44. The van der Waals surface area contributed by atoms with Crippen molar-refractivity contribution in [2.24, 2.45) is 0 Å². The summed E-state index contributed by atoms with van der Waals surface area (Å²) in [5.41, 5.74) is 0. The lowest BCUT2D eigenvalue weighted by atomic mass is 10.2. The summed E-state index contributed by atoms with van der Waals surface area (Å²) >= 11 is 0. The fraction of sp³-hybridized carbons (Fsp3) is 0.750. The van der Waals surface area contributed by atoms with E-state index in [0.29, 0.717) is 5.92 Å². The number of hydrogen-bond donors (Lipinski definition) is 1. The summed E-state index contributed by atoms with van der Waals surface area (Å²) in [4.78, 5) is 4.50. The molecule has 0 saturated heterocycles. The topological polar surface area (TPSA) is 32.6 Å². The van der Waals surface area contributed by atoms with Crippen molar-refractivity contribution in [2.45, 2.75) is 39.2 Å². The van der Waals surface area contributed by atoms with Crippen molar-refractivity contribution in [3.63, 3.8) is 0 Å². The van der Waals surface area contributed by atoms with Crippen LogP contribution in [0.5, 0.6) is 0 Å². The molecule has 0 spiro atoms. The van der Waals surface area contributed by atoms with Gasteiger partial charge in [-0.1, -0.05) is 13.8 Å². The molecule has 0 amide bonds. The Morgan fingerprint density at radius 3 is 3.00 bits per heavy atom. The first kappa shape index (κ1) is 6.83. The number of nitrogens with zero attached hydrogens (tertiary/aromatic N) is 2. The van der Waals surface area contributed by atoms with Gasteiger partial charge < -0.3 is 0 Å². The fourth-order valence-electron chi connectivity index (χ4n) is 1.46.